The van der Waals surface area contributed by atoms with Gasteiger partial charge in [0.25, 0.3) is 0 Å². The Kier molecular flexibility index (Phi) is 2.92. The van der Waals surface area contributed by atoms with Gasteiger partial charge in [-0.3, -0.25) is 0 Å². The third kappa shape index (κ3) is 2.21. The van der Waals surface area contributed by atoms with E-state index in [-0.39, 0.29) is 0 Å². The third-order valence-corrected chi connectivity index (χ3v) is 1.98. The zero-order chi connectivity index (χ0) is 8.27. The molecule has 1 nitrogen and oxygen atoms in total. The maximum absolute atomic E-state index is 5.47. The van der Waals surface area contributed by atoms with E-state index in [0.717, 1.165) is 14.7 Å². The summed E-state index contributed by atoms with van der Waals surface area (Å²) in [5.41, 5.74) is 7.46. The minimum Gasteiger partial charge on any atom is -0.326 e. The zero-order valence-electron chi connectivity index (χ0n) is 5.97. The van der Waals surface area contributed by atoms with Crippen molar-refractivity contribution in [2.75, 3.05) is 0 Å². The molecule has 0 amide bonds. The molecule has 0 saturated heterocycles. The molecule has 0 aliphatic heterocycles. The van der Waals surface area contributed by atoms with Crippen LogP contribution in [0.2, 0.25) is 0 Å². The van der Waals surface area contributed by atoms with Crippen LogP contribution in [0, 0.1) is 15.9 Å². The van der Waals surface area contributed by atoms with Gasteiger partial charge in [-0.1, -0.05) is 5.92 Å². The highest BCUT2D eigenvalue weighted by Gasteiger charge is 1.94. The van der Waals surface area contributed by atoms with Gasteiger partial charge >= 0.3 is 0 Å². The Bertz CT molecular complexity index is 299. The third-order valence-electron chi connectivity index (χ3n) is 1.36. The molecule has 56 valence electrons. The molecule has 2 N–H and O–H groups in total. The van der Waals surface area contributed by atoms with Crippen molar-refractivity contribution in [2.45, 2.75) is 6.54 Å². The van der Waals surface area contributed by atoms with Crippen molar-refractivity contribution >= 4 is 22.6 Å². The van der Waals surface area contributed by atoms with Gasteiger partial charge < -0.3 is 5.73 Å². The molecule has 1 rings (SSSR count). The predicted molar refractivity (Wildman–Crippen MR) is 55.0 cm³/mol. The van der Waals surface area contributed by atoms with E-state index in [1.165, 1.54) is 0 Å². The Morgan fingerprint density at radius 2 is 2.18 bits per heavy atom. The monoisotopic (exact) mass is 257 g/mol. The van der Waals surface area contributed by atoms with E-state index < -0.39 is 0 Å². The lowest BCUT2D eigenvalue weighted by molar-refractivity contribution is 1.07. The zero-order valence-corrected chi connectivity index (χ0v) is 8.13. The maximum atomic E-state index is 5.47. The number of hydrogen-bond donors (Lipinski definition) is 1. The molecule has 2 heteroatoms. The van der Waals surface area contributed by atoms with E-state index >= 15 is 0 Å². The maximum Gasteiger partial charge on any atom is 0.0256 e. The average Bonchev–Trinajstić information content (AvgIpc) is 2.03. The van der Waals surface area contributed by atoms with E-state index in [4.69, 9.17) is 12.2 Å². The summed E-state index contributed by atoms with van der Waals surface area (Å²) in [6.45, 7) is 0.547. The number of nitrogens with two attached hydrogens (primary N) is 1. The quantitative estimate of drug-likeness (QED) is 0.601. The molecule has 0 aromatic heterocycles. The molecule has 0 aliphatic rings. The fraction of sp³-hybridized carbons (Fsp3) is 0.111. The smallest absolute Gasteiger partial charge is 0.0256 e. The first-order valence-electron chi connectivity index (χ1n) is 3.22. The van der Waals surface area contributed by atoms with E-state index in [1.54, 1.807) is 0 Å². The minimum absolute atomic E-state index is 0.547. The lowest BCUT2D eigenvalue weighted by Gasteiger charge is -1.98. The van der Waals surface area contributed by atoms with Crippen LogP contribution in [0.4, 0.5) is 0 Å². The number of hydrogen-bond acceptors (Lipinski definition) is 1. The summed E-state index contributed by atoms with van der Waals surface area (Å²) >= 11 is 2.23. The van der Waals surface area contributed by atoms with Gasteiger partial charge in [0.2, 0.25) is 0 Å². The molecule has 1 aromatic carbocycles. The summed E-state index contributed by atoms with van der Waals surface area (Å²) in [6.07, 6.45) is 5.25. The van der Waals surface area contributed by atoms with Gasteiger partial charge in [-0.05, 0) is 46.4 Å². The SMILES string of the molecule is C#Cc1cc(I)cc(CN)c1. The van der Waals surface area contributed by atoms with Crippen molar-refractivity contribution in [1.29, 1.82) is 0 Å². The van der Waals surface area contributed by atoms with Crippen LogP contribution in [0.3, 0.4) is 0 Å². The first-order valence-corrected chi connectivity index (χ1v) is 4.30. The Morgan fingerprint density at radius 1 is 1.45 bits per heavy atom. The fourth-order valence-electron chi connectivity index (χ4n) is 0.852. The Balaban J connectivity index is 3.15. The van der Waals surface area contributed by atoms with E-state index in [0.29, 0.717) is 6.54 Å². The number of terminal acetylenes is 1. The summed E-state index contributed by atoms with van der Waals surface area (Å²) in [6, 6.07) is 5.92. The first-order chi connectivity index (χ1) is 5.26. The lowest BCUT2D eigenvalue weighted by Crippen LogP contribution is -1.97. The molecule has 0 saturated carbocycles. The Labute approximate surface area is 80.1 Å². The van der Waals surface area contributed by atoms with Gasteiger partial charge in [-0.15, -0.1) is 6.42 Å². The van der Waals surface area contributed by atoms with Crippen molar-refractivity contribution in [2.24, 2.45) is 5.73 Å². The van der Waals surface area contributed by atoms with Crippen molar-refractivity contribution in [3.05, 3.63) is 32.9 Å². The highest BCUT2D eigenvalue weighted by molar-refractivity contribution is 14.1. The van der Waals surface area contributed by atoms with E-state index in [2.05, 4.69) is 28.5 Å². The normalized spacial score (nSPS) is 9.18. The highest BCUT2D eigenvalue weighted by Crippen LogP contribution is 2.11. The molecule has 0 aliphatic carbocycles. The van der Waals surface area contributed by atoms with Gasteiger partial charge in [0.05, 0.1) is 0 Å². The number of halogens is 1. The van der Waals surface area contributed by atoms with Crippen LogP contribution in [0.5, 0.6) is 0 Å². The molecular formula is C9H8IN. The van der Waals surface area contributed by atoms with Gasteiger partial charge in [0.15, 0.2) is 0 Å². The molecule has 0 fully saturated rings. The molecule has 0 atom stereocenters. The van der Waals surface area contributed by atoms with Gasteiger partial charge in [0, 0.05) is 15.7 Å². The summed E-state index contributed by atoms with van der Waals surface area (Å²) in [7, 11) is 0. The molecule has 0 bridgehead atoms. The second-order valence-electron chi connectivity index (χ2n) is 2.20. The standard InChI is InChI=1S/C9H8IN/c1-2-7-3-8(6-11)5-9(10)4-7/h1,3-5H,6,11H2. The summed E-state index contributed by atoms with van der Waals surface area (Å²) in [5.74, 6) is 2.58. The van der Waals surface area contributed by atoms with Crippen LogP contribution in [-0.2, 0) is 6.54 Å². The summed E-state index contributed by atoms with van der Waals surface area (Å²) in [4.78, 5) is 0. The Morgan fingerprint density at radius 3 is 2.73 bits per heavy atom. The van der Waals surface area contributed by atoms with E-state index in [1.807, 2.05) is 18.2 Å². The van der Waals surface area contributed by atoms with Crippen LogP contribution in [-0.4, -0.2) is 0 Å². The molecule has 0 radical (unpaired) electrons. The Hall–Kier alpha value is -0.530. The van der Waals surface area contributed by atoms with Crippen LogP contribution < -0.4 is 5.73 Å². The predicted octanol–water partition coefficient (Wildman–Crippen LogP) is 1.73. The molecule has 1 aromatic rings. The summed E-state index contributed by atoms with van der Waals surface area (Å²) in [5, 5.41) is 0. The molecule has 11 heavy (non-hydrogen) atoms. The largest absolute Gasteiger partial charge is 0.326 e. The number of rotatable bonds is 1. The van der Waals surface area contributed by atoms with Gasteiger partial charge in [-0.25, -0.2) is 0 Å². The highest BCUT2D eigenvalue weighted by atomic mass is 127. The molecule has 0 spiro atoms. The average molecular weight is 257 g/mol. The van der Waals surface area contributed by atoms with Crippen LogP contribution in [0.25, 0.3) is 0 Å². The topological polar surface area (TPSA) is 26.0 Å². The minimum atomic E-state index is 0.547. The van der Waals surface area contributed by atoms with Crippen LogP contribution in [0.15, 0.2) is 18.2 Å². The van der Waals surface area contributed by atoms with Crippen molar-refractivity contribution in [1.82, 2.24) is 0 Å². The van der Waals surface area contributed by atoms with Gasteiger partial charge in [0.1, 0.15) is 0 Å². The second-order valence-corrected chi connectivity index (χ2v) is 3.44. The van der Waals surface area contributed by atoms with Gasteiger partial charge in [-0.2, -0.15) is 0 Å². The van der Waals surface area contributed by atoms with Crippen molar-refractivity contribution in [3.8, 4) is 12.3 Å². The second kappa shape index (κ2) is 3.74. The fourth-order valence-corrected chi connectivity index (χ4v) is 1.59. The molecule has 0 heterocycles. The first kappa shape index (κ1) is 8.57. The number of benzene rings is 1. The molecule has 0 unspecified atom stereocenters. The summed E-state index contributed by atoms with van der Waals surface area (Å²) < 4.78 is 1.14. The van der Waals surface area contributed by atoms with Crippen molar-refractivity contribution in [3.63, 3.8) is 0 Å². The van der Waals surface area contributed by atoms with Crippen molar-refractivity contribution < 1.29 is 0 Å². The molecular weight excluding hydrogens is 249 g/mol. The van der Waals surface area contributed by atoms with Crippen LogP contribution in [0.1, 0.15) is 11.1 Å². The van der Waals surface area contributed by atoms with Crippen LogP contribution >= 0.6 is 22.6 Å². The lowest BCUT2D eigenvalue weighted by atomic mass is 10.1. The van der Waals surface area contributed by atoms with E-state index in [9.17, 15) is 0 Å².